The molecule has 0 aliphatic carbocycles. The van der Waals surface area contributed by atoms with Crippen LogP contribution in [0.3, 0.4) is 0 Å². The van der Waals surface area contributed by atoms with Gasteiger partial charge in [0.2, 0.25) is 0 Å². The highest BCUT2D eigenvalue weighted by Gasteiger charge is 2.27. The number of H-pyrrole nitrogens is 1. The third kappa shape index (κ3) is 6.42. The second-order valence-electron chi connectivity index (χ2n) is 12.2. The molecule has 13 heteroatoms. The van der Waals surface area contributed by atoms with Gasteiger partial charge in [-0.1, -0.05) is 0 Å². The predicted molar refractivity (Wildman–Crippen MR) is 175 cm³/mol. The largest absolute Gasteiger partial charge is 0.381 e. The number of benzene rings is 1. The average Bonchev–Trinajstić information content (AvgIpc) is 3.56. The molecule has 45 heavy (non-hydrogen) atoms. The van der Waals surface area contributed by atoms with Gasteiger partial charge >= 0.3 is 0 Å². The molecule has 1 amide bonds. The van der Waals surface area contributed by atoms with E-state index in [1.165, 1.54) is 31.6 Å². The van der Waals surface area contributed by atoms with Crippen molar-refractivity contribution >= 4 is 40.0 Å². The minimum atomic E-state index is -0.682. The van der Waals surface area contributed by atoms with Crippen LogP contribution in [-0.4, -0.2) is 112 Å². The van der Waals surface area contributed by atoms with Gasteiger partial charge in [-0.2, -0.15) is 0 Å². The highest BCUT2D eigenvalue weighted by atomic mass is 16.5. The van der Waals surface area contributed by atoms with Gasteiger partial charge in [0.15, 0.2) is 17.3 Å². The molecule has 6 heterocycles. The molecule has 1 aromatic carbocycles. The van der Waals surface area contributed by atoms with E-state index in [1.54, 1.807) is 12.5 Å². The van der Waals surface area contributed by atoms with Crippen LogP contribution in [0.2, 0.25) is 0 Å². The van der Waals surface area contributed by atoms with Crippen molar-refractivity contribution in [3.63, 3.8) is 0 Å². The number of hydrogen-bond acceptors (Lipinski definition) is 11. The number of pyridine rings is 1. The zero-order valence-corrected chi connectivity index (χ0v) is 25.7. The lowest BCUT2D eigenvalue weighted by Gasteiger charge is -2.42. The Labute approximate surface area is 262 Å². The Hall–Kier alpha value is -4.33. The van der Waals surface area contributed by atoms with Crippen molar-refractivity contribution in [3.8, 4) is 11.4 Å². The van der Waals surface area contributed by atoms with Gasteiger partial charge in [0.05, 0.1) is 11.8 Å². The Morgan fingerprint density at radius 2 is 1.67 bits per heavy atom. The second kappa shape index (κ2) is 13.0. The summed E-state index contributed by atoms with van der Waals surface area (Å²) >= 11 is 0. The molecule has 3 aromatic heterocycles. The minimum absolute atomic E-state index is 0.0342. The van der Waals surface area contributed by atoms with Crippen LogP contribution in [0.15, 0.2) is 42.9 Å². The molecule has 3 aliphatic heterocycles. The molecule has 3 aliphatic rings. The normalized spacial score (nSPS) is 19.2. The molecule has 0 bridgehead atoms. The van der Waals surface area contributed by atoms with E-state index in [9.17, 15) is 4.79 Å². The minimum Gasteiger partial charge on any atom is -0.381 e. The SMILES string of the molecule is CN1CCN(C2CCN(c3ccc(Nc4nc(NC5CCOCC5)c(-c5nccc6[nH]cnc56)nc4C(N)=O)cc3)CC2)CC1. The summed E-state index contributed by atoms with van der Waals surface area (Å²) in [5.74, 6) is 0.117. The van der Waals surface area contributed by atoms with Gasteiger partial charge in [0, 0.05) is 82.1 Å². The van der Waals surface area contributed by atoms with Crippen molar-refractivity contribution in [2.45, 2.75) is 37.8 Å². The maximum atomic E-state index is 12.7. The molecule has 5 N–H and O–H groups in total. The number of nitrogens with one attached hydrogen (secondary N) is 3. The molecule has 0 radical (unpaired) electrons. The number of ether oxygens (including phenoxy) is 1. The van der Waals surface area contributed by atoms with Gasteiger partial charge in [0.1, 0.15) is 16.9 Å². The Morgan fingerprint density at radius 1 is 0.911 bits per heavy atom. The van der Waals surface area contributed by atoms with Crippen molar-refractivity contribution in [2.24, 2.45) is 5.73 Å². The van der Waals surface area contributed by atoms with E-state index < -0.39 is 5.91 Å². The van der Waals surface area contributed by atoms with Crippen molar-refractivity contribution in [3.05, 3.63) is 48.5 Å². The number of aromatic nitrogens is 5. The average molecular weight is 612 g/mol. The Kier molecular flexibility index (Phi) is 8.46. The molecule has 3 fully saturated rings. The number of piperidine rings is 1. The van der Waals surface area contributed by atoms with Crippen LogP contribution >= 0.6 is 0 Å². The number of primary amides is 1. The number of amides is 1. The summed E-state index contributed by atoms with van der Waals surface area (Å²) in [7, 11) is 2.21. The summed E-state index contributed by atoms with van der Waals surface area (Å²) in [6, 6.07) is 10.9. The number of imidazole rings is 1. The summed E-state index contributed by atoms with van der Waals surface area (Å²) in [6.07, 6.45) is 7.31. The first-order valence-electron chi connectivity index (χ1n) is 15.9. The van der Waals surface area contributed by atoms with Gasteiger partial charge in [-0.25, -0.2) is 15.0 Å². The number of rotatable bonds is 8. The van der Waals surface area contributed by atoms with Crippen LogP contribution in [0, 0.1) is 0 Å². The Balaban J connectivity index is 1.12. The van der Waals surface area contributed by atoms with E-state index in [0.717, 1.165) is 50.2 Å². The number of anilines is 4. The number of aromatic amines is 1. The zero-order valence-electron chi connectivity index (χ0n) is 25.7. The lowest BCUT2D eigenvalue weighted by Crippen LogP contribution is -2.52. The molecule has 3 saturated heterocycles. The third-order valence-electron chi connectivity index (χ3n) is 9.27. The number of likely N-dealkylation sites (N-methyl/N-ethyl adjacent to an activating group) is 1. The second-order valence-corrected chi connectivity index (χ2v) is 12.2. The van der Waals surface area contributed by atoms with E-state index in [4.69, 9.17) is 20.4 Å². The number of carbonyl (C=O) groups excluding carboxylic acids is 1. The van der Waals surface area contributed by atoms with Crippen molar-refractivity contribution < 1.29 is 9.53 Å². The quantitative estimate of drug-likeness (QED) is 0.232. The van der Waals surface area contributed by atoms with Gasteiger partial charge in [-0.3, -0.25) is 14.7 Å². The number of hydrogen-bond donors (Lipinski definition) is 4. The number of nitrogens with two attached hydrogens (primary N) is 1. The first-order chi connectivity index (χ1) is 22.0. The van der Waals surface area contributed by atoms with Crippen LogP contribution < -0.4 is 21.3 Å². The smallest absolute Gasteiger partial charge is 0.271 e. The molecular formula is C32H41N11O2. The standard InChI is InChI=1S/C32H41N11O2/c1-41-14-16-43(17-15-41)24-7-12-42(13-8-24)23-4-2-21(3-5-23)37-32-29(30(33)44)39-28(27-26-25(6-11-34-27)35-20-36-26)31(40-32)38-22-9-18-45-19-10-22/h2-6,11,20,22,24H,7-10,12-19H2,1H3,(H2,33,44)(H,35,36)(H2,37,38,40). The molecule has 13 nitrogen and oxygen atoms in total. The van der Waals surface area contributed by atoms with Crippen LogP contribution in [0.25, 0.3) is 22.4 Å². The summed E-state index contributed by atoms with van der Waals surface area (Å²) in [6.45, 7) is 8.06. The fourth-order valence-corrected chi connectivity index (χ4v) is 6.60. The van der Waals surface area contributed by atoms with Crippen LogP contribution in [0.4, 0.5) is 23.0 Å². The molecule has 0 saturated carbocycles. The Bertz CT molecular complexity index is 1620. The zero-order chi connectivity index (χ0) is 30.8. The first kappa shape index (κ1) is 29.4. The summed E-state index contributed by atoms with van der Waals surface area (Å²) < 4.78 is 5.56. The number of fused-ring (bicyclic) bond motifs is 1. The van der Waals surface area contributed by atoms with Gasteiger partial charge in [-0.15, -0.1) is 0 Å². The predicted octanol–water partition coefficient (Wildman–Crippen LogP) is 3.06. The molecule has 0 atom stereocenters. The molecule has 0 spiro atoms. The fourth-order valence-electron chi connectivity index (χ4n) is 6.60. The van der Waals surface area contributed by atoms with Crippen LogP contribution in [0.1, 0.15) is 36.2 Å². The van der Waals surface area contributed by atoms with Crippen molar-refractivity contribution in [2.75, 3.05) is 75.1 Å². The third-order valence-corrected chi connectivity index (χ3v) is 9.27. The molecule has 0 unspecified atom stereocenters. The topological polar surface area (TPSA) is 153 Å². The van der Waals surface area contributed by atoms with Gasteiger partial charge < -0.3 is 35.9 Å². The monoisotopic (exact) mass is 611 g/mol. The van der Waals surface area contributed by atoms with E-state index in [-0.39, 0.29) is 17.6 Å². The molecule has 7 rings (SSSR count). The number of nitrogens with zero attached hydrogens (tertiary/aromatic N) is 7. The van der Waals surface area contributed by atoms with Crippen molar-refractivity contribution in [1.29, 1.82) is 0 Å². The molecule has 236 valence electrons. The molecular weight excluding hydrogens is 570 g/mol. The Morgan fingerprint density at radius 3 is 2.40 bits per heavy atom. The maximum absolute atomic E-state index is 12.7. The summed E-state index contributed by atoms with van der Waals surface area (Å²) in [5.41, 5.74) is 10.3. The first-order valence-corrected chi connectivity index (χ1v) is 15.9. The number of carbonyl (C=O) groups is 1. The summed E-state index contributed by atoms with van der Waals surface area (Å²) in [5, 5.41) is 6.86. The van der Waals surface area contributed by atoms with Crippen LogP contribution in [-0.2, 0) is 4.74 Å². The fraction of sp³-hybridized carbons (Fsp3) is 0.469. The lowest BCUT2D eigenvalue weighted by atomic mass is 10.0. The number of piperazine rings is 1. The van der Waals surface area contributed by atoms with E-state index in [1.807, 2.05) is 18.2 Å². The van der Waals surface area contributed by atoms with E-state index >= 15 is 0 Å². The van der Waals surface area contributed by atoms with Crippen molar-refractivity contribution in [1.82, 2.24) is 34.7 Å². The van der Waals surface area contributed by atoms with Gasteiger partial charge in [-0.05, 0) is 63.1 Å². The maximum Gasteiger partial charge on any atom is 0.271 e. The van der Waals surface area contributed by atoms with Gasteiger partial charge in [0.25, 0.3) is 5.91 Å². The highest BCUT2D eigenvalue weighted by Crippen LogP contribution is 2.33. The lowest BCUT2D eigenvalue weighted by molar-refractivity contribution is 0.0904. The highest BCUT2D eigenvalue weighted by molar-refractivity contribution is 5.99. The van der Waals surface area contributed by atoms with Crippen LogP contribution in [0.5, 0.6) is 0 Å². The van der Waals surface area contributed by atoms with E-state index in [2.05, 4.69) is 59.5 Å². The molecule has 4 aromatic rings. The summed E-state index contributed by atoms with van der Waals surface area (Å²) in [4.78, 5) is 42.0. The van der Waals surface area contributed by atoms with E-state index in [0.29, 0.717) is 42.0 Å².